The van der Waals surface area contributed by atoms with Crippen molar-refractivity contribution in [1.82, 2.24) is 4.98 Å². The molecule has 1 unspecified atom stereocenters. The molecular formula is C30H45NO5. The highest BCUT2D eigenvalue weighted by Gasteiger charge is 2.50. The Labute approximate surface area is 216 Å². The number of ether oxygens (including phenoxy) is 1. The van der Waals surface area contributed by atoms with Gasteiger partial charge in [0.05, 0.1) is 29.7 Å². The zero-order valence-electron chi connectivity index (χ0n) is 23.1. The van der Waals surface area contributed by atoms with Gasteiger partial charge in [0.15, 0.2) is 0 Å². The zero-order chi connectivity index (χ0) is 26.8. The molecule has 1 aliphatic carbocycles. The number of hydrogen-bond donors (Lipinski definition) is 2. The summed E-state index contributed by atoms with van der Waals surface area (Å²) in [5, 5.41) is 21.8. The molecule has 6 nitrogen and oxygen atoms in total. The molecule has 36 heavy (non-hydrogen) atoms. The number of aliphatic hydroxyl groups is 2. The summed E-state index contributed by atoms with van der Waals surface area (Å²) in [6.45, 7) is 13.3. The van der Waals surface area contributed by atoms with E-state index in [-0.39, 0.29) is 23.5 Å². The van der Waals surface area contributed by atoms with Crippen molar-refractivity contribution in [2.45, 2.75) is 105 Å². The van der Waals surface area contributed by atoms with Crippen molar-refractivity contribution in [1.29, 1.82) is 0 Å². The number of carbonyl (C=O) groups excluding carboxylic acids is 2. The third-order valence-electron chi connectivity index (χ3n) is 8.87. The van der Waals surface area contributed by atoms with Gasteiger partial charge in [-0.1, -0.05) is 47.1 Å². The minimum absolute atomic E-state index is 0.0181. The Morgan fingerprint density at radius 3 is 2.50 bits per heavy atom. The Bertz CT molecular complexity index is 968. The molecule has 3 rings (SSSR count). The maximum absolute atomic E-state index is 13.3. The van der Waals surface area contributed by atoms with Crippen LogP contribution in [0.5, 0.6) is 0 Å². The number of cyclic esters (lactones) is 1. The maximum atomic E-state index is 13.3. The van der Waals surface area contributed by atoms with E-state index in [1.54, 1.807) is 20.8 Å². The van der Waals surface area contributed by atoms with E-state index in [1.807, 2.05) is 45.2 Å². The number of fused-ring (bicyclic) bond motifs is 1. The fraction of sp³-hybridized carbons (Fsp3) is 0.700. The standard InChI is InChI=1S/C30H45NO5/c1-18-10-11-23(31-17-18)13-20(3)24-14-22-16-30(22,7)12-8-9-19(2)27(34)21(4)28(35)29(5,6)25(32)15-26(33)36-24/h10-11,13,17,19,21-22,24-25,27,32,34H,8-9,12,14-16H2,1-7H3/b20-13+/t19-,21+,22?,24-,25-,27-,30-/m0/s1. The highest BCUT2D eigenvalue weighted by molar-refractivity contribution is 5.88. The Balaban J connectivity index is 1.86. The molecule has 1 aromatic heterocycles. The monoisotopic (exact) mass is 499 g/mol. The summed E-state index contributed by atoms with van der Waals surface area (Å²) >= 11 is 0. The molecular weight excluding hydrogens is 454 g/mol. The first-order valence-electron chi connectivity index (χ1n) is 13.5. The lowest BCUT2D eigenvalue weighted by Crippen LogP contribution is -2.45. The SMILES string of the molecule is C/C(=C\c1ccc(C)cn1)[C@@H]1CC2C[C@]2(C)CCC[C@H](C)[C@H](O)[C@@H](C)C(=O)C(C)(C)[C@@H](O)CC(=O)O1. The van der Waals surface area contributed by atoms with Crippen LogP contribution in [-0.2, 0) is 14.3 Å². The molecule has 2 aliphatic rings. The highest BCUT2D eigenvalue weighted by atomic mass is 16.5. The van der Waals surface area contributed by atoms with E-state index in [2.05, 4.69) is 11.9 Å². The number of nitrogens with zero attached hydrogens (tertiary/aromatic N) is 1. The zero-order valence-corrected chi connectivity index (χ0v) is 23.1. The molecule has 1 aliphatic heterocycles. The lowest BCUT2D eigenvalue weighted by Gasteiger charge is -2.34. The van der Waals surface area contributed by atoms with Gasteiger partial charge in [-0.2, -0.15) is 0 Å². The fourth-order valence-corrected chi connectivity index (χ4v) is 5.67. The highest BCUT2D eigenvalue weighted by Crippen LogP contribution is 2.58. The number of ketones is 1. The van der Waals surface area contributed by atoms with Crippen molar-refractivity contribution in [3.63, 3.8) is 0 Å². The number of aliphatic hydroxyl groups excluding tert-OH is 2. The number of Topliss-reactive ketones (excluding diaryl/α,β-unsaturated/α-hetero) is 1. The molecule has 0 amide bonds. The largest absolute Gasteiger partial charge is 0.458 e. The van der Waals surface area contributed by atoms with E-state index < -0.39 is 35.6 Å². The molecule has 7 atom stereocenters. The van der Waals surface area contributed by atoms with Gasteiger partial charge in [0.2, 0.25) is 0 Å². The van der Waals surface area contributed by atoms with Crippen LogP contribution in [0.1, 0.15) is 91.3 Å². The summed E-state index contributed by atoms with van der Waals surface area (Å²) in [5.74, 6) is -0.955. The average molecular weight is 500 g/mol. The van der Waals surface area contributed by atoms with E-state index in [0.29, 0.717) is 5.92 Å². The van der Waals surface area contributed by atoms with Crippen molar-refractivity contribution in [3.8, 4) is 0 Å². The van der Waals surface area contributed by atoms with Gasteiger partial charge in [-0.25, -0.2) is 0 Å². The number of carbonyl (C=O) groups is 2. The van der Waals surface area contributed by atoms with Crippen LogP contribution in [0.3, 0.4) is 0 Å². The van der Waals surface area contributed by atoms with Crippen LogP contribution in [0.2, 0.25) is 0 Å². The number of rotatable bonds is 2. The molecule has 2 fully saturated rings. The summed E-state index contributed by atoms with van der Waals surface area (Å²) in [4.78, 5) is 30.7. The Kier molecular flexibility index (Phi) is 8.82. The van der Waals surface area contributed by atoms with Crippen LogP contribution in [0, 0.1) is 35.5 Å². The molecule has 0 radical (unpaired) electrons. The molecule has 1 saturated carbocycles. The van der Waals surface area contributed by atoms with Crippen LogP contribution in [-0.4, -0.2) is 45.3 Å². The van der Waals surface area contributed by atoms with Gasteiger partial charge in [-0.15, -0.1) is 0 Å². The first-order valence-corrected chi connectivity index (χ1v) is 13.5. The summed E-state index contributed by atoms with van der Waals surface area (Å²) < 4.78 is 5.96. The van der Waals surface area contributed by atoms with Crippen molar-refractivity contribution in [2.24, 2.45) is 28.6 Å². The second-order valence-electron chi connectivity index (χ2n) is 12.4. The van der Waals surface area contributed by atoms with Crippen LogP contribution >= 0.6 is 0 Å². The fourth-order valence-electron chi connectivity index (χ4n) is 5.67. The van der Waals surface area contributed by atoms with E-state index in [4.69, 9.17) is 4.74 Å². The predicted octanol–water partition coefficient (Wildman–Crippen LogP) is 5.28. The van der Waals surface area contributed by atoms with Gasteiger partial charge in [0.1, 0.15) is 11.9 Å². The van der Waals surface area contributed by atoms with Gasteiger partial charge in [-0.05, 0) is 80.1 Å². The summed E-state index contributed by atoms with van der Waals surface area (Å²) in [5.41, 5.74) is 1.82. The van der Waals surface area contributed by atoms with E-state index in [0.717, 1.165) is 48.9 Å². The van der Waals surface area contributed by atoms with Crippen molar-refractivity contribution in [2.75, 3.05) is 0 Å². The topological polar surface area (TPSA) is 96.7 Å². The van der Waals surface area contributed by atoms with Gasteiger partial charge >= 0.3 is 5.97 Å². The second kappa shape index (κ2) is 11.1. The van der Waals surface area contributed by atoms with Crippen LogP contribution < -0.4 is 0 Å². The Morgan fingerprint density at radius 2 is 1.86 bits per heavy atom. The Hall–Kier alpha value is -2.05. The maximum Gasteiger partial charge on any atom is 0.309 e. The third kappa shape index (κ3) is 6.63. The second-order valence-corrected chi connectivity index (χ2v) is 12.4. The molecule has 6 heteroatoms. The van der Waals surface area contributed by atoms with Gasteiger partial charge in [0.25, 0.3) is 0 Å². The van der Waals surface area contributed by atoms with Crippen molar-refractivity contribution in [3.05, 3.63) is 35.2 Å². The molecule has 200 valence electrons. The molecule has 0 spiro atoms. The molecule has 1 saturated heterocycles. The molecule has 1 aromatic rings. The smallest absolute Gasteiger partial charge is 0.309 e. The lowest BCUT2D eigenvalue weighted by molar-refractivity contribution is -0.154. The van der Waals surface area contributed by atoms with Gasteiger partial charge in [0, 0.05) is 12.1 Å². The van der Waals surface area contributed by atoms with Crippen LogP contribution in [0.15, 0.2) is 23.9 Å². The van der Waals surface area contributed by atoms with Gasteiger partial charge < -0.3 is 14.9 Å². The number of aryl methyl sites for hydroxylation is 1. The number of aromatic nitrogens is 1. The first-order chi connectivity index (χ1) is 16.7. The lowest BCUT2D eigenvalue weighted by atomic mass is 9.73. The summed E-state index contributed by atoms with van der Waals surface area (Å²) in [6, 6.07) is 3.95. The average Bonchev–Trinajstić information content (AvgIpc) is 3.46. The van der Waals surface area contributed by atoms with E-state index in [1.165, 1.54) is 0 Å². The first kappa shape index (κ1) is 28.5. The van der Waals surface area contributed by atoms with Gasteiger partial charge in [-0.3, -0.25) is 14.6 Å². The third-order valence-corrected chi connectivity index (χ3v) is 8.87. The van der Waals surface area contributed by atoms with Crippen LogP contribution in [0.4, 0.5) is 0 Å². The summed E-state index contributed by atoms with van der Waals surface area (Å²) in [6.07, 6.45) is 5.79. The molecule has 0 bridgehead atoms. The quantitative estimate of drug-likeness (QED) is 0.537. The Morgan fingerprint density at radius 1 is 1.17 bits per heavy atom. The van der Waals surface area contributed by atoms with Crippen LogP contribution in [0.25, 0.3) is 6.08 Å². The molecule has 2 N–H and O–H groups in total. The minimum atomic E-state index is -1.20. The molecule has 0 aromatic carbocycles. The molecule has 2 heterocycles. The van der Waals surface area contributed by atoms with E-state index >= 15 is 0 Å². The number of hydrogen-bond acceptors (Lipinski definition) is 6. The van der Waals surface area contributed by atoms with Crippen molar-refractivity contribution >= 4 is 17.8 Å². The van der Waals surface area contributed by atoms with E-state index in [9.17, 15) is 19.8 Å². The minimum Gasteiger partial charge on any atom is -0.458 e. The number of esters is 1. The van der Waals surface area contributed by atoms with Crippen molar-refractivity contribution < 1.29 is 24.5 Å². The normalized spacial score (nSPS) is 36.6. The summed E-state index contributed by atoms with van der Waals surface area (Å²) in [7, 11) is 0. The predicted molar refractivity (Wildman–Crippen MR) is 141 cm³/mol. The number of pyridine rings is 1.